The summed E-state index contributed by atoms with van der Waals surface area (Å²) in [6.45, 7) is 3.52. The lowest BCUT2D eigenvalue weighted by Crippen LogP contribution is -1.97. The average molecular weight is 288 g/mol. The van der Waals surface area contributed by atoms with Gasteiger partial charge in [0.1, 0.15) is 5.75 Å². The Morgan fingerprint density at radius 2 is 1.95 bits per heavy atom. The van der Waals surface area contributed by atoms with E-state index in [1.807, 2.05) is 42.5 Å². The van der Waals surface area contributed by atoms with Gasteiger partial charge in [-0.3, -0.25) is 0 Å². The maximum atomic E-state index is 5.13. The molecule has 3 rings (SSSR count). The zero-order chi connectivity index (χ0) is 15.4. The van der Waals surface area contributed by atoms with Crippen LogP contribution in [0.15, 0.2) is 48.7 Å². The summed E-state index contributed by atoms with van der Waals surface area (Å²) in [5.74, 6) is 6.92. The highest BCUT2D eigenvalue weighted by Gasteiger charge is 2.02. The Hall–Kier alpha value is -3.06. The second-order valence-corrected chi connectivity index (χ2v) is 4.62. The lowest BCUT2D eigenvalue weighted by atomic mass is 10.1. The molecule has 107 valence electrons. The van der Waals surface area contributed by atoms with E-state index in [-0.39, 0.29) is 0 Å². The molecule has 0 aliphatic carbocycles. The average Bonchev–Trinajstić information content (AvgIpc) is 2.56. The monoisotopic (exact) mass is 288 g/mol. The lowest BCUT2D eigenvalue weighted by molar-refractivity contribution is 0.415. The molecule has 22 heavy (non-hydrogen) atoms. The molecule has 0 aliphatic rings. The van der Waals surface area contributed by atoms with E-state index >= 15 is 0 Å². The molecule has 4 nitrogen and oxygen atoms in total. The number of anilines is 2. The SMILES string of the molecule is [CH2]C#Cc1ccc2nc(Nc3ccc(OC)cc3)ncc2c1. The van der Waals surface area contributed by atoms with Gasteiger partial charge in [-0.25, -0.2) is 9.97 Å². The first-order valence-corrected chi connectivity index (χ1v) is 6.74. The minimum Gasteiger partial charge on any atom is -0.497 e. The largest absolute Gasteiger partial charge is 0.497 e. The summed E-state index contributed by atoms with van der Waals surface area (Å²) >= 11 is 0. The predicted molar refractivity (Wildman–Crippen MR) is 88.0 cm³/mol. The maximum absolute atomic E-state index is 5.13. The number of ether oxygens (including phenoxy) is 1. The molecule has 0 spiro atoms. The van der Waals surface area contributed by atoms with E-state index in [1.165, 1.54) is 0 Å². The smallest absolute Gasteiger partial charge is 0.227 e. The van der Waals surface area contributed by atoms with Gasteiger partial charge in [-0.15, -0.1) is 0 Å². The van der Waals surface area contributed by atoms with Crippen LogP contribution in [-0.2, 0) is 0 Å². The fraction of sp³-hybridized carbons (Fsp3) is 0.0556. The molecule has 1 heterocycles. The molecule has 0 amide bonds. The maximum Gasteiger partial charge on any atom is 0.227 e. The topological polar surface area (TPSA) is 47.0 Å². The van der Waals surface area contributed by atoms with Gasteiger partial charge in [-0.05, 0) is 42.5 Å². The normalized spacial score (nSPS) is 9.91. The standard InChI is InChI=1S/C18H14N3O/c1-3-4-13-5-10-17-14(11-13)12-19-18(21-17)20-15-6-8-16(22-2)9-7-15/h5-12H,1H2,2H3,(H,19,20,21). The van der Waals surface area contributed by atoms with Gasteiger partial charge in [-0.1, -0.05) is 11.8 Å². The molecule has 1 N–H and O–H groups in total. The summed E-state index contributed by atoms with van der Waals surface area (Å²) in [6, 6.07) is 13.4. The van der Waals surface area contributed by atoms with Crippen LogP contribution in [0.5, 0.6) is 5.75 Å². The van der Waals surface area contributed by atoms with Crippen LogP contribution < -0.4 is 10.1 Å². The van der Waals surface area contributed by atoms with Crippen LogP contribution in [0, 0.1) is 18.8 Å². The number of hydrogen-bond donors (Lipinski definition) is 1. The van der Waals surface area contributed by atoms with E-state index in [4.69, 9.17) is 4.74 Å². The third-order valence-electron chi connectivity index (χ3n) is 3.16. The van der Waals surface area contributed by atoms with Crippen molar-refractivity contribution in [2.45, 2.75) is 0 Å². The van der Waals surface area contributed by atoms with E-state index in [2.05, 4.69) is 34.0 Å². The van der Waals surface area contributed by atoms with Gasteiger partial charge in [0.25, 0.3) is 0 Å². The van der Waals surface area contributed by atoms with Crippen LogP contribution in [-0.4, -0.2) is 17.1 Å². The van der Waals surface area contributed by atoms with Crippen molar-refractivity contribution >= 4 is 22.5 Å². The first-order valence-electron chi connectivity index (χ1n) is 6.74. The van der Waals surface area contributed by atoms with Crippen molar-refractivity contribution in [1.29, 1.82) is 0 Å². The lowest BCUT2D eigenvalue weighted by Gasteiger charge is -2.07. The summed E-state index contributed by atoms with van der Waals surface area (Å²) in [5, 5.41) is 4.12. The summed E-state index contributed by atoms with van der Waals surface area (Å²) in [6.07, 6.45) is 1.78. The summed E-state index contributed by atoms with van der Waals surface area (Å²) in [4.78, 5) is 8.83. The molecule has 0 atom stereocenters. The molecular weight excluding hydrogens is 274 g/mol. The van der Waals surface area contributed by atoms with Crippen molar-refractivity contribution in [3.8, 4) is 17.6 Å². The van der Waals surface area contributed by atoms with E-state index in [9.17, 15) is 0 Å². The molecule has 1 radical (unpaired) electrons. The molecule has 0 aliphatic heterocycles. The van der Waals surface area contributed by atoms with Crippen LogP contribution in [0.1, 0.15) is 5.56 Å². The van der Waals surface area contributed by atoms with Crippen molar-refractivity contribution in [3.63, 3.8) is 0 Å². The number of nitrogens with zero attached hydrogens (tertiary/aromatic N) is 2. The van der Waals surface area contributed by atoms with Crippen molar-refractivity contribution < 1.29 is 4.74 Å². The molecule has 4 heteroatoms. The third kappa shape index (κ3) is 2.99. The highest BCUT2D eigenvalue weighted by Crippen LogP contribution is 2.20. The number of aromatic nitrogens is 2. The van der Waals surface area contributed by atoms with Gasteiger partial charge in [-0.2, -0.15) is 0 Å². The number of methoxy groups -OCH3 is 1. The van der Waals surface area contributed by atoms with Gasteiger partial charge < -0.3 is 10.1 Å². The molecule has 1 aromatic heterocycles. The Labute approximate surface area is 129 Å². The summed E-state index contributed by atoms with van der Waals surface area (Å²) < 4.78 is 5.13. The van der Waals surface area contributed by atoms with E-state index in [0.717, 1.165) is 27.9 Å². The van der Waals surface area contributed by atoms with Gasteiger partial charge in [0.15, 0.2) is 0 Å². The molecule has 0 bridgehead atoms. The minimum atomic E-state index is 0.550. The van der Waals surface area contributed by atoms with Crippen molar-refractivity contribution in [1.82, 2.24) is 9.97 Å². The highest BCUT2D eigenvalue weighted by atomic mass is 16.5. The Kier molecular flexibility index (Phi) is 3.88. The van der Waals surface area contributed by atoms with Gasteiger partial charge >= 0.3 is 0 Å². The fourth-order valence-corrected chi connectivity index (χ4v) is 2.08. The summed E-state index contributed by atoms with van der Waals surface area (Å²) in [5.41, 5.74) is 2.67. The number of hydrogen-bond acceptors (Lipinski definition) is 4. The predicted octanol–water partition coefficient (Wildman–Crippen LogP) is 3.57. The molecule has 3 aromatic rings. The van der Waals surface area contributed by atoms with Crippen LogP contribution >= 0.6 is 0 Å². The number of rotatable bonds is 3. The van der Waals surface area contributed by atoms with E-state index in [1.54, 1.807) is 13.3 Å². The van der Waals surface area contributed by atoms with Gasteiger partial charge in [0, 0.05) is 29.8 Å². The molecule has 0 saturated heterocycles. The van der Waals surface area contributed by atoms with Gasteiger partial charge in [0.05, 0.1) is 12.6 Å². The highest BCUT2D eigenvalue weighted by molar-refractivity contribution is 5.80. The second-order valence-electron chi connectivity index (χ2n) is 4.62. The summed E-state index contributed by atoms with van der Waals surface area (Å²) in [7, 11) is 1.64. The Bertz CT molecular complexity index is 861. The zero-order valence-electron chi connectivity index (χ0n) is 12.1. The molecular formula is C18H14N3O. The van der Waals surface area contributed by atoms with Crippen LogP contribution in [0.3, 0.4) is 0 Å². The quantitative estimate of drug-likeness (QED) is 0.748. The molecule has 0 unspecified atom stereocenters. The Balaban J connectivity index is 1.87. The molecule has 2 aromatic carbocycles. The fourth-order valence-electron chi connectivity index (χ4n) is 2.08. The third-order valence-corrected chi connectivity index (χ3v) is 3.16. The molecule has 0 fully saturated rings. The van der Waals surface area contributed by atoms with Crippen molar-refractivity contribution in [2.75, 3.05) is 12.4 Å². The second kappa shape index (κ2) is 6.15. The van der Waals surface area contributed by atoms with Crippen LogP contribution in [0.25, 0.3) is 10.9 Å². The number of nitrogens with one attached hydrogen (secondary N) is 1. The Morgan fingerprint density at radius 3 is 2.68 bits per heavy atom. The Morgan fingerprint density at radius 1 is 1.14 bits per heavy atom. The van der Waals surface area contributed by atoms with Gasteiger partial charge in [0.2, 0.25) is 5.95 Å². The van der Waals surface area contributed by atoms with Crippen molar-refractivity contribution in [3.05, 3.63) is 61.1 Å². The first kappa shape index (κ1) is 13.9. The van der Waals surface area contributed by atoms with Crippen LogP contribution in [0.2, 0.25) is 0 Å². The van der Waals surface area contributed by atoms with Crippen molar-refractivity contribution in [2.24, 2.45) is 0 Å². The first-order chi connectivity index (χ1) is 10.8. The van der Waals surface area contributed by atoms with E-state index in [0.29, 0.717) is 5.95 Å². The van der Waals surface area contributed by atoms with Crippen LogP contribution in [0.4, 0.5) is 11.6 Å². The number of fused-ring (bicyclic) bond motifs is 1. The molecule has 0 saturated carbocycles. The number of benzene rings is 2. The minimum absolute atomic E-state index is 0.550. The van der Waals surface area contributed by atoms with E-state index < -0.39 is 0 Å². The zero-order valence-corrected chi connectivity index (χ0v) is 12.1.